The van der Waals surface area contributed by atoms with Crippen LogP contribution in [-0.4, -0.2) is 84.9 Å². The summed E-state index contributed by atoms with van der Waals surface area (Å²) in [7, 11) is 4.89. The SMILES string of the molecule is COc1cccc(CC(=O)NCCN2CCN(C(=O)c3cn(C)nc3OC)CC2)c1. The molecule has 1 aliphatic heterocycles. The van der Waals surface area contributed by atoms with Crippen molar-refractivity contribution in [3.05, 3.63) is 41.6 Å². The topological polar surface area (TPSA) is 88.9 Å². The Morgan fingerprint density at radius 1 is 1.13 bits per heavy atom. The first-order chi connectivity index (χ1) is 14.5. The number of benzene rings is 1. The van der Waals surface area contributed by atoms with Gasteiger partial charge in [0.2, 0.25) is 11.8 Å². The molecule has 1 aliphatic rings. The van der Waals surface area contributed by atoms with Crippen LogP contribution in [0.3, 0.4) is 0 Å². The van der Waals surface area contributed by atoms with E-state index in [0.29, 0.717) is 37.5 Å². The van der Waals surface area contributed by atoms with Gasteiger partial charge in [0.1, 0.15) is 11.3 Å². The summed E-state index contributed by atoms with van der Waals surface area (Å²) in [5, 5.41) is 7.11. The Labute approximate surface area is 176 Å². The van der Waals surface area contributed by atoms with Crippen LogP contribution in [0, 0.1) is 0 Å². The molecule has 1 aromatic heterocycles. The monoisotopic (exact) mass is 415 g/mol. The molecule has 2 heterocycles. The highest BCUT2D eigenvalue weighted by Crippen LogP contribution is 2.18. The largest absolute Gasteiger partial charge is 0.497 e. The number of hydrogen-bond donors (Lipinski definition) is 1. The molecule has 0 aliphatic carbocycles. The Kier molecular flexibility index (Phi) is 7.29. The maximum absolute atomic E-state index is 12.7. The van der Waals surface area contributed by atoms with E-state index in [1.807, 2.05) is 29.2 Å². The smallest absolute Gasteiger partial charge is 0.261 e. The number of hydrogen-bond acceptors (Lipinski definition) is 6. The van der Waals surface area contributed by atoms with E-state index in [9.17, 15) is 9.59 Å². The number of rotatable bonds is 8. The first-order valence-electron chi connectivity index (χ1n) is 9.99. The van der Waals surface area contributed by atoms with Crippen LogP contribution in [0.4, 0.5) is 0 Å². The summed E-state index contributed by atoms with van der Waals surface area (Å²) in [5.41, 5.74) is 1.41. The van der Waals surface area contributed by atoms with Crippen LogP contribution >= 0.6 is 0 Å². The van der Waals surface area contributed by atoms with Crippen molar-refractivity contribution in [3.8, 4) is 11.6 Å². The lowest BCUT2D eigenvalue weighted by Gasteiger charge is -2.34. The standard InChI is InChI=1S/C21H29N5O4/c1-24-15-18(20(23-24)30-3)21(28)26-11-9-25(10-12-26)8-7-22-19(27)14-16-5-4-6-17(13-16)29-2/h4-6,13,15H,7-12,14H2,1-3H3,(H,22,27). The fraction of sp³-hybridized carbons (Fsp3) is 0.476. The van der Waals surface area contributed by atoms with E-state index in [1.54, 1.807) is 25.0 Å². The molecule has 3 rings (SSSR count). The number of nitrogens with one attached hydrogen (secondary N) is 1. The summed E-state index contributed by atoms with van der Waals surface area (Å²) < 4.78 is 12.0. The van der Waals surface area contributed by atoms with Crippen molar-refractivity contribution >= 4 is 11.8 Å². The van der Waals surface area contributed by atoms with Crippen LogP contribution in [0.15, 0.2) is 30.5 Å². The first-order valence-corrected chi connectivity index (χ1v) is 9.99. The van der Waals surface area contributed by atoms with E-state index in [4.69, 9.17) is 9.47 Å². The third-order valence-corrected chi connectivity index (χ3v) is 5.13. The first kappa shape index (κ1) is 21.6. The van der Waals surface area contributed by atoms with Crippen molar-refractivity contribution in [2.45, 2.75) is 6.42 Å². The minimum absolute atomic E-state index is 0.0132. The summed E-state index contributed by atoms with van der Waals surface area (Å²) in [5.74, 6) is 1.02. The zero-order chi connectivity index (χ0) is 21.5. The molecule has 30 heavy (non-hydrogen) atoms. The highest BCUT2D eigenvalue weighted by molar-refractivity contribution is 5.96. The Bertz CT molecular complexity index is 874. The molecule has 1 saturated heterocycles. The molecule has 0 radical (unpaired) electrons. The van der Waals surface area contributed by atoms with Crippen molar-refractivity contribution in [2.24, 2.45) is 7.05 Å². The number of amides is 2. The van der Waals surface area contributed by atoms with Gasteiger partial charge >= 0.3 is 0 Å². The molecule has 0 unspecified atom stereocenters. The van der Waals surface area contributed by atoms with E-state index in [2.05, 4.69) is 15.3 Å². The highest BCUT2D eigenvalue weighted by Gasteiger charge is 2.26. The van der Waals surface area contributed by atoms with E-state index in [-0.39, 0.29) is 11.8 Å². The van der Waals surface area contributed by atoms with Gasteiger partial charge in [-0.1, -0.05) is 12.1 Å². The quantitative estimate of drug-likeness (QED) is 0.678. The normalized spacial score (nSPS) is 14.4. The maximum atomic E-state index is 12.7. The summed E-state index contributed by atoms with van der Waals surface area (Å²) >= 11 is 0. The van der Waals surface area contributed by atoms with Crippen molar-refractivity contribution in [3.63, 3.8) is 0 Å². The van der Waals surface area contributed by atoms with Crippen LogP contribution in [0.2, 0.25) is 0 Å². The van der Waals surface area contributed by atoms with Crippen molar-refractivity contribution < 1.29 is 19.1 Å². The Morgan fingerprint density at radius 2 is 1.90 bits per heavy atom. The second kappa shape index (κ2) is 10.1. The molecule has 1 aromatic carbocycles. The van der Waals surface area contributed by atoms with Crippen molar-refractivity contribution in [2.75, 3.05) is 53.5 Å². The van der Waals surface area contributed by atoms with Gasteiger partial charge in [-0.05, 0) is 17.7 Å². The van der Waals surface area contributed by atoms with Gasteiger partial charge in [-0.25, -0.2) is 0 Å². The second-order valence-corrected chi connectivity index (χ2v) is 7.24. The maximum Gasteiger partial charge on any atom is 0.261 e. The predicted molar refractivity (Wildman–Crippen MR) is 112 cm³/mol. The predicted octanol–water partition coefficient (Wildman–Crippen LogP) is 0.554. The zero-order valence-electron chi connectivity index (χ0n) is 17.8. The number of carbonyl (C=O) groups excluding carboxylic acids is 2. The number of aromatic nitrogens is 2. The molecule has 162 valence electrons. The molecule has 1 N–H and O–H groups in total. The molecule has 2 aromatic rings. The van der Waals surface area contributed by atoms with E-state index >= 15 is 0 Å². The molecular weight excluding hydrogens is 386 g/mol. The fourth-order valence-electron chi connectivity index (χ4n) is 3.49. The van der Waals surface area contributed by atoms with Crippen LogP contribution in [0.25, 0.3) is 0 Å². The van der Waals surface area contributed by atoms with Crippen molar-refractivity contribution in [1.82, 2.24) is 24.9 Å². The summed E-state index contributed by atoms with van der Waals surface area (Å²) in [6.07, 6.45) is 2.01. The van der Waals surface area contributed by atoms with E-state index < -0.39 is 0 Å². The fourth-order valence-corrected chi connectivity index (χ4v) is 3.49. The number of ether oxygens (including phenoxy) is 2. The molecular formula is C21H29N5O4. The third kappa shape index (κ3) is 5.50. The molecule has 1 fully saturated rings. The Hall–Kier alpha value is -3.07. The van der Waals surface area contributed by atoms with Crippen LogP contribution in [-0.2, 0) is 18.3 Å². The van der Waals surface area contributed by atoms with Crippen molar-refractivity contribution in [1.29, 1.82) is 0 Å². The molecule has 0 bridgehead atoms. The van der Waals surface area contributed by atoms with Crippen LogP contribution in [0.1, 0.15) is 15.9 Å². The van der Waals surface area contributed by atoms with Gasteiger partial charge in [-0.2, -0.15) is 0 Å². The minimum atomic E-state index is -0.0637. The van der Waals surface area contributed by atoms with Gasteiger partial charge in [0, 0.05) is 52.5 Å². The average molecular weight is 415 g/mol. The molecule has 0 saturated carbocycles. The molecule has 2 amide bonds. The van der Waals surface area contributed by atoms with Gasteiger partial charge in [-0.3, -0.25) is 19.2 Å². The third-order valence-electron chi connectivity index (χ3n) is 5.13. The van der Waals surface area contributed by atoms with E-state index in [0.717, 1.165) is 30.9 Å². The van der Waals surface area contributed by atoms with Gasteiger partial charge in [-0.15, -0.1) is 5.10 Å². The van der Waals surface area contributed by atoms with Gasteiger partial charge in [0.25, 0.3) is 5.91 Å². The highest BCUT2D eigenvalue weighted by atomic mass is 16.5. The number of nitrogens with zero attached hydrogens (tertiary/aromatic N) is 4. The lowest BCUT2D eigenvalue weighted by atomic mass is 10.1. The number of aryl methyl sites for hydroxylation is 1. The molecule has 0 spiro atoms. The molecule has 9 nitrogen and oxygen atoms in total. The van der Waals surface area contributed by atoms with Crippen LogP contribution < -0.4 is 14.8 Å². The zero-order valence-corrected chi connectivity index (χ0v) is 17.8. The second-order valence-electron chi connectivity index (χ2n) is 7.24. The molecule has 0 atom stereocenters. The van der Waals surface area contributed by atoms with Gasteiger partial charge in [0.15, 0.2) is 0 Å². The summed E-state index contributed by atoms with van der Waals surface area (Å²) in [6, 6.07) is 7.52. The number of piperazine rings is 1. The lowest BCUT2D eigenvalue weighted by molar-refractivity contribution is -0.120. The Balaban J connectivity index is 1.39. The lowest BCUT2D eigenvalue weighted by Crippen LogP contribution is -2.50. The number of methoxy groups -OCH3 is 2. The Morgan fingerprint density at radius 3 is 2.60 bits per heavy atom. The van der Waals surface area contributed by atoms with Gasteiger partial charge < -0.3 is 19.7 Å². The molecule has 9 heteroatoms. The summed E-state index contributed by atoms with van der Waals surface area (Å²) in [6.45, 7) is 4.12. The van der Waals surface area contributed by atoms with Gasteiger partial charge in [0.05, 0.1) is 20.6 Å². The summed E-state index contributed by atoms with van der Waals surface area (Å²) in [4.78, 5) is 29.0. The minimum Gasteiger partial charge on any atom is -0.497 e. The van der Waals surface area contributed by atoms with E-state index in [1.165, 1.54) is 7.11 Å². The number of carbonyl (C=O) groups is 2. The van der Waals surface area contributed by atoms with Crippen LogP contribution in [0.5, 0.6) is 11.6 Å². The average Bonchev–Trinajstić information content (AvgIpc) is 3.14.